The molecule has 0 radical (unpaired) electrons. The van der Waals surface area contributed by atoms with Gasteiger partial charge in [0.1, 0.15) is 11.5 Å². The lowest BCUT2D eigenvalue weighted by Gasteiger charge is -2.13. The molecule has 0 aliphatic carbocycles. The van der Waals surface area contributed by atoms with Crippen molar-refractivity contribution in [1.82, 2.24) is 5.32 Å². The van der Waals surface area contributed by atoms with Crippen LogP contribution in [0.15, 0.2) is 30.3 Å². The minimum absolute atomic E-state index is 0.0263. The first-order chi connectivity index (χ1) is 11.8. The Bertz CT molecular complexity index is 838. The summed E-state index contributed by atoms with van der Waals surface area (Å²) in [6.45, 7) is -0.202. The van der Waals surface area contributed by atoms with Crippen molar-refractivity contribution in [3.8, 4) is 11.5 Å². The van der Waals surface area contributed by atoms with E-state index in [1.165, 1.54) is 30.3 Å². The van der Waals surface area contributed by atoms with Crippen LogP contribution in [0.3, 0.4) is 0 Å². The predicted octanol–water partition coefficient (Wildman–Crippen LogP) is 3.79. The first kappa shape index (κ1) is 18.7. The third-order valence-corrected chi connectivity index (χ3v) is 3.59. The molecule has 5 N–H and O–H groups in total. The van der Waals surface area contributed by atoms with E-state index in [0.29, 0.717) is 16.9 Å². The smallest absolute Gasteiger partial charge is 0.271 e. The first-order valence-electron chi connectivity index (χ1n) is 6.90. The molecular formula is C16H13Cl2FN4O2. The van der Waals surface area contributed by atoms with Crippen LogP contribution in [-0.4, -0.2) is 17.8 Å². The van der Waals surface area contributed by atoms with E-state index in [2.05, 4.69) is 5.32 Å². The van der Waals surface area contributed by atoms with E-state index in [0.717, 1.165) is 0 Å². The number of hydrogen-bond donors (Lipinski definition) is 4. The number of halogens is 3. The average molecular weight is 383 g/mol. The molecule has 2 rings (SSSR count). The Morgan fingerprint density at radius 3 is 2.68 bits per heavy atom. The average Bonchev–Trinajstić information content (AvgIpc) is 2.56. The number of rotatable bonds is 6. The lowest BCUT2D eigenvalue weighted by atomic mass is 10.2. The maximum absolute atomic E-state index is 14.6. The van der Waals surface area contributed by atoms with Crippen molar-refractivity contribution < 1.29 is 13.9 Å². The van der Waals surface area contributed by atoms with Crippen LogP contribution < -0.4 is 15.8 Å². The summed E-state index contributed by atoms with van der Waals surface area (Å²) in [4.78, 5) is 11.5. The zero-order valence-corrected chi connectivity index (χ0v) is 14.2. The zero-order valence-electron chi connectivity index (χ0n) is 12.7. The molecule has 0 saturated carbocycles. The van der Waals surface area contributed by atoms with Gasteiger partial charge in [0, 0.05) is 35.1 Å². The number of carbonyl (C=O) groups excluding carboxylic acids is 1. The molecule has 25 heavy (non-hydrogen) atoms. The quantitative estimate of drug-likeness (QED) is 0.450. The molecule has 130 valence electrons. The summed E-state index contributed by atoms with van der Waals surface area (Å²) in [6, 6.07) is 7.22. The number of amides is 1. The highest BCUT2D eigenvalue weighted by Gasteiger charge is 2.16. The molecule has 0 aliphatic heterocycles. The highest BCUT2D eigenvalue weighted by molar-refractivity contribution is 6.59. The van der Waals surface area contributed by atoms with Gasteiger partial charge in [-0.2, -0.15) is 0 Å². The van der Waals surface area contributed by atoms with Crippen LogP contribution in [0.5, 0.6) is 11.5 Å². The second-order valence-corrected chi connectivity index (χ2v) is 5.76. The van der Waals surface area contributed by atoms with Crippen molar-refractivity contribution in [2.75, 3.05) is 5.73 Å². The van der Waals surface area contributed by atoms with Crippen LogP contribution in [0, 0.1) is 16.6 Å². The molecule has 6 nitrogen and oxygen atoms in total. The number of nitrogens with one attached hydrogen (secondary N) is 3. The Labute approximate surface area is 152 Å². The van der Waals surface area contributed by atoms with E-state index in [4.69, 9.17) is 44.5 Å². The van der Waals surface area contributed by atoms with Crippen molar-refractivity contribution >= 4 is 46.7 Å². The molecular weight excluding hydrogens is 370 g/mol. The first-order valence-corrected chi connectivity index (χ1v) is 7.65. The molecule has 2 aromatic carbocycles. The number of anilines is 1. The number of carbonyl (C=O) groups is 1. The summed E-state index contributed by atoms with van der Waals surface area (Å²) in [5, 5.41) is 16.7. The van der Waals surface area contributed by atoms with E-state index in [-0.39, 0.29) is 28.6 Å². The van der Waals surface area contributed by atoms with E-state index in [9.17, 15) is 9.18 Å². The lowest BCUT2D eigenvalue weighted by molar-refractivity contribution is -0.114. The van der Waals surface area contributed by atoms with E-state index < -0.39 is 17.4 Å². The molecule has 0 saturated heterocycles. The van der Waals surface area contributed by atoms with Gasteiger partial charge in [-0.05, 0) is 18.2 Å². The highest BCUT2D eigenvalue weighted by atomic mass is 35.5. The Kier molecular flexibility index (Phi) is 5.95. The summed E-state index contributed by atoms with van der Waals surface area (Å²) in [7, 11) is 0. The number of ether oxygens (including phenoxy) is 1. The SMILES string of the molecule is N=CC(=N)C(=O)NCc1ccc(Cl)c(Oc2cc(N)cc(Cl)c2)c1F. The molecule has 0 bridgehead atoms. The van der Waals surface area contributed by atoms with E-state index in [1.54, 1.807) is 0 Å². The molecule has 0 aromatic heterocycles. The summed E-state index contributed by atoms with van der Waals surface area (Å²) in [6.07, 6.45) is 0.589. The van der Waals surface area contributed by atoms with Crippen LogP contribution in [0.2, 0.25) is 10.0 Å². The Morgan fingerprint density at radius 2 is 2.04 bits per heavy atom. The number of benzene rings is 2. The number of nitrogen functional groups attached to an aromatic ring is 1. The van der Waals surface area contributed by atoms with Gasteiger partial charge in [0.15, 0.2) is 11.6 Å². The third-order valence-electron chi connectivity index (χ3n) is 3.07. The summed E-state index contributed by atoms with van der Waals surface area (Å²) < 4.78 is 20.1. The highest BCUT2D eigenvalue weighted by Crippen LogP contribution is 2.35. The summed E-state index contributed by atoms with van der Waals surface area (Å²) in [5.74, 6) is -1.60. The van der Waals surface area contributed by atoms with Crippen molar-refractivity contribution in [2.45, 2.75) is 6.54 Å². The lowest BCUT2D eigenvalue weighted by Crippen LogP contribution is -2.30. The van der Waals surface area contributed by atoms with Gasteiger partial charge in [0.25, 0.3) is 5.91 Å². The minimum Gasteiger partial charge on any atom is -0.453 e. The minimum atomic E-state index is -0.797. The van der Waals surface area contributed by atoms with Crippen LogP contribution in [0.4, 0.5) is 10.1 Å². The maximum atomic E-state index is 14.6. The molecule has 0 atom stereocenters. The van der Waals surface area contributed by atoms with Crippen LogP contribution in [0.1, 0.15) is 5.56 Å². The van der Waals surface area contributed by atoms with Gasteiger partial charge in [0.2, 0.25) is 0 Å². The molecule has 0 fully saturated rings. The third kappa shape index (κ3) is 4.68. The van der Waals surface area contributed by atoms with Crippen molar-refractivity contribution in [1.29, 1.82) is 10.8 Å². The number of hydrogen-bond acceptors (Lipinski definition) is 5. The standard InChI is InChI=1S/C16H13Cl2FN4O2/c17-9-3-10(21)5-11(4-9)25-15-12(18)2-1-8(14(15)19)7-23-16(24)13(22)6-20/h1-6,20,22H,7,21H2,(H,23,24). The van der Waals surface area contributed by atoms with Crippen LogP contribution in [-0.2, 0) is 11.3 Å². The van der Waals surface area contributed by atoms with Gasteiger partial charge >= 0.3 is 0 Å². The van der Waals surface area contributed by atoms with Crippen molar-refractivity contribution in [3.05, 3.63) is 51.8 Å². The van der Waals surface area contributed by atoms with Crippen LogP contribution >= 0.6 is 23.2 Å². The molecule has 1 amide bonds. The van der Waals surface area contributed by atoms with Crippen molar-refractivity contribution in [2.24, 2.45) is 0 Å². The van der Waals surface area contributed by atoms with Gasteiger partial charge < -0.3 is 21.2 Å². The van der Waals surface area contributed by atoms with Gasteiger partial charge in [-0.3, -0.25) is 10.2 Å². The Morgan fingerprint density at radius 1 is 1.32 bits per heavy atom. The summed E-state index contributed by atoms with van der Waals surface area (Å²) >= 11 is 11.9. The fraction of sp³-hybridized carbons (Fsp3) is 0.0625. The fourth-order valence-electron chi connectivity index (χ4n) is 1.90. The summed E-state index contributed by atoms with van der Waals surface area (Å²) in [5.41, 5.74) is 5.56. The Balaban J connectivity index is 2.25. The molecule has 9 heteroatoms. The zero-order chi connectivity index (χ0) is 18.6. The fourth-order valence-corrected chi connectivity index (χ4v) is 2.32. The second kappa shape index (κ2) is 7.96. The Hall–Kier alpha value is -2.64. The molecule has 0 unspecified atom stereocenters. The normalized spacial score (nSPS) is 10.2. The molecule has 0 heterocycles. The molecule has 2 aromatic rings. The van der Waals surface area contributed by atoms with Gasteiger partial charge in [-0.15, -0.1) is 0 Å². The maximum Gasteiger partial charge on any atom is 0.271 e. The second-order valence-electron chi connectivity index (χ2n) is 4.91. The number of nitrogens with two attached hydrogens (primary N) is 1. The monoisotopic (exact) mass is 382 g/mol. The van der Waals surface area contributed by atoms with E-state index >= 15 is 0 Å². The van der Waals surface area contributed by atoms with Gasteiger partial charge in [-0.25, -0.2) is 4.39 Å². The topological polar surface area (TPSA) is 112 Å². The molecule has 0 spiro atoms. The van der Waals surface area contributed by atoms with Crippen LogP contribution in [0.25, 0.3) is 0 Å². The molecule has 0 aliphatic rings. The van der Waals surface area contributed by atoms with Gasteiger partial charge in [-0.1, -0.05) is 29.3 Å². The predicted molar refractivity (Wildman–Crippen MR) is 95.7 cm³/mol. The van der Waals surface area contributed by atoms with Gasteiger partial charge in [0.05, 0.1) is 5.02 Å². The van der Waals surface area contributed by atoms with Crippen molar-refractivity contribution in [3.63, 3.8) is 0 Å². The largest absolute Gasteiger partial charge is 0.453 e. The van der Waals surface area contributed by atoms with E-state index in [1.807, 2.05) is 0 Å².